The summed E-state index contributed by atoms with van der Waals surface area (Å²) in [4.78, 5) is 14.8. The third-order valence-corrected chi connectivity index (χ3v) is 1.67. The van der Waals surface area contributed by atoms with Gasteiger partial charge in [0.2, 0.25) is 5.95 Å². The summed E-state index contributed by atoms with van der Waals surface area (Å²) in [5, 5.41) is 5.95. The summed E-state index contributed by atoms with van der Waals surface area (Å²) >= 11 is 0. The van der Waals surface area contributed by atoms with Crippen molar-refractivity contribution in [3.05, 3.63) is 42.2 Å². The van der Waals surface area contributed by atoms with Gasteiger partial charge in [-0.2, -0.15) is 4.39 Å². The average Bonchev–Trinajstić information content (AvgIpc) is 2.71. The molecule has 2 aromatic heterocycles. The minimum absolute atomic E-state index is 0.249. The maximum Gasteiger partial charge on any atom is 0.258 e. The van der Waals surface area contributed by atoms with Gasteiger partial charge in [0.15, 0.2) is 5.82 Å². The molecule has 0 fully saturated rings. The molecule has 0 saturated carbocycles. The Morgan fingerprint density at radius 1 is 1.40 bits per heavy atom. The fraction of sp³-hybridized carbons (Fsp3) is 0. The van der Waals surface area contributed by atoms with E-state index < -0.39 is 11.9 Å². The van der Waals surface area contributed by atoms with E-state index in [2.05, 4.69) is 20.0 Å². The second kappa shape index (κ2) is 3.87. The quantitative estimate of drug-likeness (QED) is 0.757. The summed E-state index contributed by atoms with van der Waals surface area (Å²) in [6, 6.07) is 3.93. The molecule has 0 atom stereocenters. The van der Waals surface area contributed by atoms with Gasteiger partial charge >= 0.3 is 0 Å². The molecule has 0 saturated heterocycles. The highest BCUT2D eigenvalue weighted by Gasteiger charge is 2.07. The molecule has 0 unspecified atom stereocenters. The fourth-order valence-corrected chi connectivity index (χ4v) is 0.976. The van der Waals surface area contributed by atoms with E-state index in [1.165, 1.54) is 18.4 Å². The van der Waals surface area contributed by atoms with E-state index in [1.54, 1.807) is 0 Å². The smallest absolute Gasteiger partial charge is 0.258 e. The standard InChI is InChI=1S/C9H6FN3O2/c10-7-2-1-6(5-11-7)9(14)12-8-3-4-15-13-8/h1-5H,(H,12,13,14). The number of hydrogen-bond acceptors (Lipinski definition) is 4. The highest BCUT2D eigenvalue weighted by molar-refractivity contribution is 6.03. The van der Waals surface area contributed by atoms with Gasteiger partial charge < -0.3 is 9.84 Å². The third-order valence-electron chi connectivity index (χ3n) is 1.67. The molecule has 76 valence electrons. The van der Waals surface area contributed by atoms with E-state index in [-0.39, 0.29) is 5.56 Å². The van der Waals surface area contributed by atoms with Gasteiger partial charge in [0.25, 0.3) is 5.91 Å². The number of amides is 1. The number of carbonyl (C=O) groups is 1. The molecule has 2 heterocycles. The van der Waals surface area contributed by atoms with Crippen LogP contribution in [0.5, 0.6) is 0 Å². The van der Waals surface area contributed by atoms with Crippen LogP contribution < -0.4 is 5.32 Å². The lowest BCUT2D eigenvalue weighted by atomic mass is 10.3. The van der Waals surface area contributed by atoms with Gasteiger partial charge in [0, 0.05) is 12.3 Å². The van der Waals surface area contributed by atoms with Crippen LogP contribution in [0, 0.1) is 5.95 Å². The molecular weight excluding hydrogens is 201 g/mol. The molecular formula is C9H6FN3O2. The molecule has 2 rings (SSSR count). The van der Waals surface area contributed by atoms with E-state index in [9.17, 15) is 9.18 Å². The summed E-state index contributed by atoms with van der Waals surface area (Å²) in [5.41, 5.74) is 0.249. The van der Waals surface area contributed by atoms with E-state index in [0.29, 0.717) is 5.82 Å². The predicted molar refractivity (Wildman–Crippen MR) is 48.7 cm³/mol. The van der Waals surface area contributed by atoms with Crippen LogP contribution in [0.2, 0.25) is 0 Å². The monoisotopic (exact) mass is 207 g/mol. The topological polar surface area (TPSA) is 68.0 Å². The van der Waals surface area contributed by atoms with Gasteiger partial charge in [-0.25, -0.2) is 4.98 Å². The van der Waals surface area contributed by atoms with Gasteiger partial charge in [-0.1, -0.05) is 5.16 Å². The van der Waals surface area contributed by atoms with Crippen LogP contribution in [0.4, 0.5) is 10.2 Å². The normalized spacial score (nSPS) is 9.93. The van der Waals surface area contributed by atoms with Gasteiger partial charge in [0.05, 0.1) is 5.56 Å². The molecule has 0 radical (unpaired) electrons. The van der Waals surface area contributed by atoms with E-state index in [0.717, 1.165) is 12.3 Å². The highest BCUT2D eigenvalue weighted by atomic mass is 19.1. The molecule has 15 heavy (non-hydrogen) atoms. The Bertz CT molecular complexity index is 453. The van der Waals surface area contributed by atoms with Crippen molar-refractivity contribution < 1.29 is 13.7 Å². The molecule has 0 aliphatic carbocycles. The van der Waals surface area contributed by atoms with Crippen molar-refractivity contribution in [3.8, 4) is 0 Å². The lowest BCUT2D eigenvalue weighted by Gasteiger charge is -1.99. The van der Waals surface area contributed by atoms with Crippen molar-refractivity contribution >= 4 is 11.7 Å². The van der Waals surface area contributed by atoms with Crippen LogP contribution in [-0.2, 0) is 0 Å². The number of rotatable bonds is 2. The zero-order chi connectivity index (χ0) is 10.7. The number of aromatic nitrogens is 2. The third kappa shape index (κ3) is 2.16. The van der Waals surface area contributed by atoms with E-state index >= 15 is 0 Å². The number of pyridine rings is 1. The summed E-state index contributed by atoms with van der Waals surface area (Å²) < 4.78 is 17.0. The molecule has 0 bridgehead atoms. The highest BCUT2D eigenvalue weighted by Crippen LogP contribution is 2.05. The Morgan fingerprint density at radius 2 is 2.27 bits per heavy atom. The largest absolute Gasteiger partial charge is 0.363 e. The van der Waals surface area contributed by atoms with Gasteiger partial charge in [-0.3, -0.25) is 4.79 Å². The SMILES string of the molecule is O=C(Nc1ccon1)c1ccc(F)nc1. The zero-order valence-electron chi connectivity index (χ0n) is 7.48. The minimum atomic E-state index is -0.631. The van der Waals surface area contributed by atoms with Crippen molar-refractivity contribution in [1.82, 2.24) is 10.1 Å². The minimum Gasteiger partial charge on any atom is -0.363 e. The van der Waals surface area contributed by atoms with E-state index in [1.807, 2.05) is 0 Å². The van der Waals surface area contributed by atoms with Crippen LogP contribution in [0.3, 0.4) is 0 Å². The molecule has 5 nitrogen and oxygen atoms in total. The fourth-order valence-electron chi connectivity index (χ4n) is 0.976. The van der Waals surface area contributed by atoms with Crippen LogP contribution in [0.1, 0.15) is 10.4 Å². The van der Waals surface area contributed by atoms with Crippen molar-refractivity contribution in [2.24, 2.45) is 0 Å². The number of hydrogen-bond donors (Lipinski definition) is 1. The average molecular weight is 207 g/mol. The number of nitrogens with zero attached hydrogens (tertiary/aromatic N) is 2. The molecule has 6 heteroatoms. The van der Waals surface area contributed by atoms with Crippen LogP contribution >= 0.6 is 0 Å². The van der Waals surface area contributed by atoms with Crippen LogP contribution in [0.25, 0.3) is 0 Å². The molecule has 0 aliphatic heterocycles. The molecule has 1 amide bonds. The van der Waals surface area contributed by atoms with Gasteiger partial charge in [-0.15, -0.1) is 0 Å². The summed E-state index contributed by atoms with van der Waals surface area (Å²) in [6.45, 7) is 0. The van der Waals surface area contributed by atoms with Gasteiger partial charge in [-0.05, 0) is 12.1 Å². The maximum atomic E-state index is 12.5. The second-order valence-corrected chi connectivity index (χ2v) is 2.71. The molecule has 1 N–H and O–H groups in total. The Labute approximate surface area is 83.9 Å². The predicted octanol–water partition coefficient (Wildman–Crippen LogP) is 1.46. The van der Waals surface area contributed by atoms with Crippen LogP contribution in [-0.4, -0.2) is 16.0 Å². The molecule has 0 aliphatic rings. The lowest BCUT2D eigenvalue weighted by Crippen LogP contribution is -2.12. The number of carbonyl (C=O) groups excluding carboxylic acids is 1. The molecule has 0 aromatic carbocycles. The summed E-state index contributed by atoms with van der Waals surface area (Å²) in [6.07, 6.45) is 2.48. The van der Waals surface area contributed by atoms with Crippen molar-refractivity contribution in [1.29, 1.82) is 0 Å². The number of nitrogens with one attached hydrogen (secondary N) is 1. The Kier molecular flexibility index (Phi) is 2.40. The molecule has 2 aromatic rings. The number of anilines is 1. The van der Waals surface area contributed by atoms with Crippen molar-refractivity contribution in [2.75, 3.05) is 5.32 Å². The first kappa shape index (κ1) is 9.32. The summed E-state index contributed by atoms with van der Waals surface area (Å²) in [5.74, 6) is -0.756. The Morgan fingerprint density at radius 3 is 2.87 bits per heavy atom. The van der Waals surface area contributed by atoms with Crippen LogP contribution in [0.15, 0.2) is 35.2 Å². The Balaban J connectivity index is 2.11. The second-order valence-electron chi connectivity index (χ2n) is 2.71. The number of halogens is 1. The first-order valence-corrected chi connectivity index (χ1v) is 4.09. The summed E-state index contributed by atoms with van der Waals surface area (Å²) in [7, 11) is 0. The Hall–Kier alpha value is -2.24. The first-order valence-electron chi connectivity index (χ1n) is 4.09. The zero-order valence-corrected chi connectivity index (χ0v) is 7.48. The maximum absolute atomic E-state index is 12.5. The van der Waals surface area contributed by atoms with Crippen molar-refractivity contribution in [3.63, 3.8) is 0 Å². The molecule has 0 spiro atoms. The lowest BCUT2D eigenvalue weighted by molar-refractivity contribution is 0.102. The van der Waals surface area contributed by atoms with Crippen molar-refractivity contribution in [2.45, 2.75) is 0 Å². The van der Waals surface area contributed by atoms with Gasteiger partial charge in [0.1, 0.15) is 6.26 Å². The first-order chi connectivity index (χ1) is 7.25. The van der Waals surface area contributed by atoms with E-state index in [4.69, 9.17) is 0 Å².